The van der Waals surface area contributed by atoms with Crippen LogP contribution in [0.15, 0.2) is 24.3 Å². The van der Waals surface area contributed by atoms with E-state index >= 15 is 0 Å². The summed E-state index contributed by atoms with van der Waals surface area (Å²) in [5.41, 5.74) is 5.80. The lowest BCUT2D eigenvalue weighted by Crippen LogP contribution is -2.59. The Morgan fingerprint density at radius 1 is 0.912 bits per heavy atom. The number of nitrogens with two attached hydrogens (primary N) is 1. The number of amides is 3. The van der Waals surface area contributed by atoms with Gasteiger partial charge in [0.25, 0.3) is 0 Å². The summed E-state index contributed by atoms with van der Waals surface area (Å²) in [5, 5.41) is 52.7. The van der Waals surface area contributed by atoms with E-state index in [1.807, 2.05) is 0 Å². The average molecular weight is 484 g/mol. The first-order valence-corrected chi connectivity index (χ1v) is 10.0. The number of phenols is 1. The van der Waals surface area contributed by atoms with Gasteiger partial charge in [-0.3, -0.25) is 19.2 Å². The van der Waals surface area contributed by atoms with E-state index in [9.17, 15) is 39.3 Å². The molecule has 0 aliphatic carbocycles. The summed E-state index contributed by atoms with van der Waals surface area (Å²) >= 11 is 0. The van der Waals surface area contributed by atoms with Crippen LogP contribution in [0.5, 0.6) is 5.75 Å². The van der Waals surface area contributed by atoms with Crippen LogP contribution < -0.4 is 21.7 Å². The largest absolute Gasteiger partial charge is 0.508 e. The number of hydrogen-bond acceptors (Lipinski definition) is 9. The molecule has 188 valence electrons. The third kappa shape index (κ3) is 9.01. The molecule has 0 heterocycles. The molecular formula is C20H28N4O10. The fraction of sp³-hybridized carbons (Fsp3) is 0.450. The summed E-state index contributed by atoms with van der Waals surface area (Å²) in [7, 11) is 0. The highest BCUT2D eigenvalue weighted by molar-refractivity contribution is 5.95. The van der Waals surface area contributed by atoms with Gasteiger partial charge in [0.05, 0.1) is 19.1 Å². The predicted molar refractivity (Wildman–Crippen MR) is 114 cm³/mol. The van der Waals surface area contributed by atoms with Gasteiger partial charge in [0.1, 0.15) is 23.9 Å². The molecule has 14 nitrogen and oxygen atoms in total. The molecule has 34 heavy (non-hydrogen) atoms. The Kier molecular flexibility index (Phi) is 10.9. The standard InChI is InChI=1S/C20H28N4O10/c1-9(26)16(20(33)34)24-19(32)13(6-10-2-4-11(27)5-3-10)23-18(31)14(7-15(28)29)22-17(30)12(21)8-25/h2-5,9,12-14,16,25-27H,6-8,21H2,1H3,(H,22,30)(H,23,31)(H,24,32)(H,28,29)(H,33,34). The van der Waals surface area contributed by atoms with Crippen LogP contribution in [0.1, 0.15) is 18.9 Å². The van der Waals surface area contributed by atoms with E-state index in [0.29, 0.717) is 5.56 Å². The van der Waals surface area contributed by atoms with Gasteiger partial charge in [-0.15, -0.1) is 0 Å². The van der Waals surface area contributed by atoms with Gasteiger partial charge < -0.3 is 47.2 Å². The van der Waals surface area contributed by atoms with E-state index < -0.39 is 73.0 Å². The monoisotopic (exact) mass is 484 g/mol. The van der Waals surface area contributed by atoms with Crippen molar-refractivity contribution in [3.8, 4) is 5.75 Å². The van der Waals surface area contributed by atoms with Gasteiger partial charge in [0, 0.05) is 6.42 Å². The Bertz CT molecular complexity index is 890. The minimum atomic E-state index is -1.70. The minimum Gasteiger partial charge on any atom is -0.508 e. The van der Waals surface area contributed by atoms with Crippen molar-refractivity contribution < 1.29 is 49.5 Å². The second kappa shape index (κ2) is 13.1. The minimum absolute atomic E-state index is 0.0710. The normalized spacial score (nSPS) is 15.2. The summed E-state index contributed by atoms with van der Waals surface area (Å²) < 4.78 is 0. The molecule has 0 bridgehead atoms. The number of rotatable bonds is 13. The second-order valence-electron chi connectivity index (χ2n) is 7.44. The molecule has 0 saturated carbocycles. The fourth-order valence-electron chi connectivity index (χ4n) is 2.74. The number of benzene rings is 1. The lowest BCUT2D eigenvalue weighted by atomic mass is 10.0. The number of phenolic OH excluding ortho intramolecular Hbond substituents is 1. The summed E-state index contributed by atoms with van der Waals surface area (Å²) in [5.74, 6) is -6.18. The first-order valence-electron chi connectivity index (χ1n) is 10.0. The molecule has 0 aliphatic heterocycles. The van der Waals surface area contributed by atoms with Crippen molar-refractivity contribution in [3.63, 3.8) is 0 Å². The average Bonchev–Trinajstić information content (AvgIpc) is 2.76. The van der Waals surface area contributed by atoms with E-state index in [-0.39, 0.29) is 12.2 Å². The SMILES string of the molecule is CC(O)C(NC(=O)C(Cc1ccc(O)cc1)NC(=O)C(CC(=O)O)NC(=O)C(N)CO)C(=O)O. The summed E-state index contributed by atoms with van der Waals surface area (Å²) in [6.45, 7) is 0.366. The van der Waals surface area contributed by atoms with E-state index in [2.05, 4.69) is 16.0 Å². The van der Waals surface area contributed by atoms with E-state index in [1.54, 1.807) is 0 Å². The van der Waals surface area contributed by atoms with Crippen molar-refractivity contribution in [3.05, 3.63) is 29.8 Å². The number of carboxylic acids is 2. The molecule has 1 rings (SSSR count). The van der Waals surface area contributed by atoms with E-state index in [0.717, 1.165) is 6.92 Å². The Hall–Kier alpha value is -3.75. The van der Waals surface area contributed by atoms with Crippen LogP contribution in [-0.4, -0.2) is 92.1 Å². The number of aromatic hydroxyl groups is 1. The van der Waals surface area contributed by atoms with Crippen molar-refractivity contribution in [1.29, 1.82) is 0 Å². The van der Waals surface area contributed by atoms with Gasteiger partial charge in [-0.05, 0) is 24.6 Å². The number of aliphatic hydroxyl groups excluding tert-OH is 2. The Morgan fingerprint density at radius 2 is 1.44 bits per heavy atom. The van der Waals surface area contributed by atoms with Gasteiger partial charge in [-0.1, -0.05) is 12.1 Å². The molecule has 5 atom stereocenters. The zero-order valence-corrected chi connectivity index (χ0v) is 18.2. The molecule has 14 heteroatoms. The smallest absolute Gasteiger partial charge is 0.328 e. The molecular weight excluding hydrogens is 456 g/mol. The Balaban J connectivity index is 3.16. The fourth-order valence-corrected chi connectivity index (χ4v) is 2.74. The summed E-state index contributed by atoms with van der Waals surface area (Å²) in [4.78, 5) is 60.0. The van der Waals surface area contributed by atoms with Crippen LogP contribution in [0.4, 0.5) is 0 Å². The van der Waals surface area contributed by atoms with Gasteiger partial charge >= 0.3 is 11.9 Å². The number of nitrogens with one attached hydrogen (secondary N) is 3. The highest BCUT2D eigenvalue weighted by Gasteiger charge is 2.32. The molecule has 0 aromatic heterocycles. The molecule has 1 aromatic carbocycles. The highest BCUT2D eigenvalue weighted by Crippen LogP contribution is 2.12. The zero-order chi connectivity index (χ0) is 26.0. The summed E-state index contributed by atoms with van der Waals surface area (Å²) in [6, 6.07) is -0.783. The zero-order valence-electron chi connectivity index (χ0n) is 18.2. The van der Waals surface area contributed by atoms with Crippen molar-refractivity contribution in [2.45, 2.75) is 50.0 Å². The van der Waals surface area contributed by atoms with Gasteiger partial charge in [0.15, 0.2) is 6.04 Å². The number of aliphatic carboxylic acids is 2. The van der Waals surface area contributed by atoms with Crippen molar-refractivity contribution in [1.82, 2.24) is 16.0 Å². The number of carbonyl (C=O) groups is 5. The van der Waals surface area contributed by atoms with Gasteiger partial charge in [-0.2, -0.15) is 0 Å². The van der Waals surface area contributed by atoms with Crippen LogP contribution in [0.25, 0.3) is 0 Å². The lowest BCUT2D eigenvalue weighted by molar-refractivity contribution is -0.145. The van der Waals surface area contributed by atoms with Crippen LogP contribution in [0, 0.1) is 0 Å². The first-order chi connectivity index (χ1) is 15.8. The molecule has 3 amide bonds. The van der Waals surface area contributed by atoms with Crippen LogP contribution in [0.2, 0.25) is 0 Å². The van der Waals surface area contributed by atoms with Crippen LogP contribution >= 0.6 is 0 Å². The Labute approximate surface area is 193 Å². The number of aliphatic hydroxyl groups is 2. The van der Waals surface area contributed by atoms with Crippen molar-refractivity contribution in [2.24, 2.45) is 5.73 Å². The summed E-state index contributed by atoms with van der Waals surface area (Å²) in [6.07, 6.45) is -2.58. The first kappa shape index (κ1) is 28.3. The topological polar surface area (TPSA) is 249 Å². The lowest BCUT2D eigenvalue weighted by Gasteiger charge is -2.25. The van der Waals surface area contributed by atoms with Gasteiger partial charge in [-0.25, -0.2) is 4.79 Å². The molecule has 10 N–H and O–H groups in total. The van der Waals surface area contributed by atoms with Crippen LogP contribution in [-0.2, 0) is 30.4 Å². The second-order valence-corrected chi connectivity index (χ2v) is 7.44. The quantitative estimate of drug-likeness (QED) is 0.134. The van der Waals surface area contributed by atoms with Crippen molar-refractivity contribution >= 4 is 29.7 Å². The third-order valence-electron chi connectivity index (χ3n) is 4.60. The maximum absolute atomic E-state index is 12.8. The molecule has 0 spiro atoms. The van der Waals surface area contributed by atoms with Gasteiger partial charge in [0.2, 0.25) is 17.7 Å². The maximum atomic E-state index is 12.8. The molecule has 1 aromatic rings. The molecule has 0 aliphatic rings. The Morgan fingerprint density at radius 3 is 1.91 bits per heavy atom. The number of carbonyl (C=O) groups excluding carboxylic acids is 3. The number of hydrogen-bond donors (Lipinski definition) is 9. The van der Waals surface area contributed by atoms with Crippen molar-refractivity contribution in [2.75, 3.05) is 6.61 Å². The third-order valence-corrected chi connectivity index (χ3v) is 4.60. The highest BCUT2D eigenvalue weighted by atomic mass is 16.4. The molecule has 0 saturated heterocycles. The van der Waals surface area contributed by atoms with E-state index in [1.165, 1.54) is 24.3 Å². The molecule has 5 unspecified atom stereocenters. The number of carboxylic acid groups (broad SMARTS) is 2. The predicted octanol–water partition coefficient (Wildman–Crippen LogP) is -3.35. The molecule has 0 fully saturated rings. The maximum Gasteiger partial charge on any atom is 0.328 e. The van der Waals surface area contributed by atoms with E-state index in [4.69, 9.17) is 15.9 Å². The van der Waals surface area contributed by atoms with Crippen LogP contribution in [0.3, 0.4) is 0 Å². The molecule has 0 radical (unpaired) electrons.